The number of nitrogens with zero attached hydrogens (tertiary/aromatic N) is 3. The minimum atomic E-state index is 0.0438. The number of ether oxygens (including phenoxy) is 1. The second-order valence-electron chi connectivity index (χ2n) is 7.62. The van der Waals surface area contributed by atoms with E-state index in [1.165, 1.54) is 12.7 Å². The molecule has 3 rings (SSSR count). The van der Waals surface area contributed by atoms with Gasteiger partial charge in [-0.05, 0) is 57.0 Å². The maximum atomic E-state index is 8.70. The lowest BCUT2D eigenvalue weighted by Gasteiger charge is -2.36. The molecule has 1 fully saturated rings. The average Bonchev–Trinajstić information content (AvgIpc) is 2.76. The van der Waals surface area contributed by atoms with Crippen LogP contribution in [0.4, 0.5) is 11.5 Å². The number of nitrogens with two attached hydrogens (primary N) is 1. The lowest BCUT2D eigenvalue weighted by atomic mass is 10.0. The maximum Gasteiger partial charge on any atom is 0.129 e. The Balaban J connectivity index is 1.77. The highest BCUT2D eigenvalue weighted by Crippen LogP contribution is 2.26. The molecular weight excluding hydrogens is 378 g/mol. The van der Waals surface area contributed by atoms with Crippen LogP contribution in [-0.2, 0) is 0 Å². The van der Waals surface area contributed by atoms with Crippen molar-refractivity contribution >= 4 is 29.9 Å². The van der Waals surface area contributed by atoms with Crippen LogP contribution in [0.5, 0.6) is 5.75 Å². The standard InChI is InChI=1S/C22H29N7O/c1-15(2)30-18-3-4-20(25)19(12-18)22(26)16-5-8-27-21(11-16)28-9-6-17(7-10-28)29(13-23)14-24/h3-5,8,11-15,17,23-24,26H,6-7,9-10,25H2,1-2H3. The van der Waals surface area contributed by atoms with E-state index < -0.39 is 0 Å². The summed E-state index contributed by atoms with van der Waals surface area (Å²) in [6, 6.07) is 9.31. The highest BCUT2D eigenvalue weighted by molar-refractivity contribution is 6.14. The molecule has 1 aromatic carbocycles. The first-order chi connectivity index (χ1) is 14.4. The quantitative estimate of drug-likeness (QED) is 0.303. The van der Waals surface area contributed by atoms with Crippen molar-refractivity contribution in [1.82, 2.24) is 9.88 Å². The average molecular weight is 408 g/mol. The minimum Gasteiger partial charge on any atom is -0.491 e. The summed E-state index contributed by atoms with van der Waals surface area (Å²) in [5.74, 6) is 1.51. The second-order valence-corrected chi connectivity index (χ2v) is 7.62. The van der Waals surface area contributed by atoms with Gasteiger partial charge in [0, 0.05) is 42.1 Å². The smallest absolute Gasteiger partial charge is 0.129 e. The molecule has 0 bridgehead atoms. The molecule has 0 unspecified atom stereocenters. The normalized spacial score (nSPS) is 14.4. The number of benzene rings is 1. The number of piperidine rings is 1. The first-order valence-corrected chi connectivity index (χ1v) is 10.1. The summed E-state index contributed by atoms with van der Waals surface area (Å²) in [7, 11) is 0. The van der Waals surface area contributed by atoms with Crippen LogP contribution in [0.1, 0.15) is 37.8 Å². The van der Waals surface area contributed by atoms with Gasteiger partial charge in [0.25, 0.3) is 0 Å². The lowest BCUT2D eigenvalue weighted by molar-refractivity contribution is 0.242. The summed E-state index contributed by atoms with van der Waals surface area (Å²) < 4.78 is 5.75. The topological polar surface area (TPSA) is 126 Å². The molecule has 1 saturated heterocycles. The van der Waals surface area contributed by atoms with Crippen molar-refractivity contribution in [2.45, 2.75) is 38.8 Å². The van der Waals surface area contributed by atoms with Crippen molar-refractivity contribution in [2.75, 3.05) is 23.7 Å². The predicted molar refractivity (Wildman–Crippen MR) is 121 cm³/mol. The van der Waals surface area contributed by atoms with E-state index in [1.54, 1.807) is 17.2 Å². The summed E-state index contributed by atoms with van der Waals surface area (Å²) in [6.07, 6.45) is 5.86. The predicted octanol–water partition coefficient (Wildman–Crippen LogP) is 3.35. The number of pyridine rings is 1. The molecule has 0 aliphatic carbocycles. The second kappa shape index (κ2) is 9.39. The van der Waals surface area contributed by atoms with Gasteiger partial charge >= 0.3 is 0 Å². The van der Waals surface area contributed by atoms with Gasteiger partial charge in [0.15, 0.2) is 0 Å². The SMILES string of the molecule is CC(C)Oc1ccc(N)c(C(=N)c2ccnc(N3CCC(N(C=N)C=N)CC3)c2)c1. The number of hydrogen-bond acceptors (Lipinski definition) is 7. The fourth-order valence-corrected chi connectivity index (χ4v) is 3.64. The van der Waals surface area contributed by atoms with Gasteiger partial charge in [-0.3, -0.25) is 16.2 Å². The van der Waals surface area contributed by atoms with Crippen LogP contribution in [0, 0.1) is 16.2 Å². The van der Waals surface area contributed by atoms with E-state index in [1.807, 2.05) is 38.1 Å². The van der Waals surface area contributed by atoms with Gasteiger partial charge in [-0.25, -0.2) is 4.98 Å². The molecule has 1 aromatic heterocycles. The molecule has 30 heavy (non-hydrogen) atoms. The van der Waals surface area contributed by atoms with Gasteiger partial charge in [0.1, 0.15) is 11.6 Å². The first-order valence-electron chi connectivity index (χ1n) is 10.1. The van der Waals surface area contributed by atoms with Crippen molar-refractivity contribution < 1.29 is 4.74 Å². The number of hydrogen-bond donors (Lipinski definition) is 4. The Labute approximate surface area is 177 Å². The Morgan fingerprint density at radius 2 is 1.90 bits per heavy atom. The Morgan fingerprint density at radius 3 is 2.53 bits per heavy atom. The largest absolute Gasteiger partial charge is 0.491 e. The summed E-state index contributed by atoms with van der Waals surface area (Å²) in [5.41, 5.74) is 8.40. The lowest BCUT2D eigenvalue weighted by Crippen LogP contribution is -2.44. The molecular formula is C22H29N7O. The van der Waals surface area contributed by atoms with E-state index in [0.717, 1.165) is 37.3 Å². The van der Waals surface area contributed by atoms with E-state index in [2.05, 4.69) is 9.88 Å². The van der Waals surface area contributed by atoms with Gasteiger partial charge in [-0.1, -0.05) is 0 Å². The summed E-state index contributed by atoms with van der Waals surface area (Å²) >= 11 is 0. The highest BCUT2D eigenvalue weighted by Gasteiger charge is 2.23. The number of anilines is 2. The van der Waals surface area contributed by atoms with Crippen LogP contribution in [-0.4, -0.2) is 53.5 Å². The maximum absolute atomic E-state index is 8.70. The van der Waals surface area contributed by atoms with E-state index >= 15 is 0 Å². The van der Waals surface area contributed by atoms with Crippen LogP contribution >= 0.6 is 0 Å². The zero-order valence-electron chi connectivity index (χ0n) is 17.4. The molecule has 2 heterocycles. The third-order valence-electron chi connectivity index (χ3n) is 5.21. The fourth-order valence-electron chi connectivity index (χ4n) is 3.64. The molecule has 2 aromatic rings. The molecule has 8 nitrogen and oxygen atoms in total. The third-order valence-corrected chi connectivity index (χ3v) is 5.21. The van der Waals surface area contributed by atoms with Crippen LogP contribution < -0.4 is 15.4 Å². The van der Waals surface area contributed by atoms with E-state index in [9.17, 15) is 0 Å². The van der Waals surface area contributed by atoms with Crippen molar-refractivity contribution in [3.63, 3.8) is 0 Å². The fraction of sp³-hybridized carbons (Fsp3) is 0.364. The summed E-state index contributed by atoms with van der Waals surface area (Å²) in [4.78, 5) is 8.31. The number of aromatic nitrogens is 1. The molecule has 0 atom stereocenters. The monoisotopic (exact) mass is 407 g/mol. The van der Waals surface area contributed by atoms with E-state index in [0.29, 0.717) is 22.7 Å². The van der Waals surface area contributed by atoms with Crippen molar-refractivity contribution in [1.29, 1.82) is 16.2 Å². The molecule has 0 spiro atoms. The summed E-state index contributed by atoms with van der Waals surface area (Å²) in [6.45, 7) is 5.49. The molecule has 1 aliphatic rings. The minimum absolute atomic E-state index is 0.0438. The van der Waals surface area contributed by atoms with Crippen LogP contribution in [0.15, 0.2) is 36.5 Å². The number of rotatable bonds is 8. The van der Waals surface area contributed by atoms with Gasteiger partial charge in [-0.2, -0.15) is 0 Å². The van der Waals surface area contributed by atoms with Crippen molar-refractivity contribution in [3.8, 4) is 5.75 Å². The Hall–Kier alpha value is -3.42. The molecule has 0 saturated carbocycles. The van der Waals surface area contributed by atoms with Crippen molar-refractivity contribution in [2.24, 2.45) is 0 Å². The Morgan fingerprint density at radius 1 is 1.20 bits per heavy atom. The van der Waals surface area contributed by atoms with Gasteiger partial charge < -0.3 is 20.3 Å². The van der Waals surface area contributed by atoms with Gasteiger partial charge in [0.05, 0.1) is 24.5 Å². The number of nitrogen functional groups attached to an aromatic ring is 1. The first kappa shape index (κ1) is 21.3. The molecule has 0 radical (unpaired) electrons. The van der Waals surface area contributed by atoms with E-state index in [-0.39, 0.29) is 12.1 Å². The molecule has 5 N–H and O–H groups in total. The molecule has 8 heteroatoms. The number of nitrogens with one attached hydrogen (secondary N) is 3. The Kier molecular flexibility index (Phi) is 6.66. The van der Waals surface area contributed by atoms with Gasteiger partial charge in [-0.15, -0.1) is 0 Å². The van der Waals surface area contributed by atoms with Crippen molar-refractivity contribution in [3.05, 3.63) is 47.7 Å². The zero-order valence-corrected chi connectivity index (χ0v) is 17.4. The molecule has 1 aliphatic heterocycles. The third kappa shape index (κ3) is 4.76. The van der Waals surface area contributed by atoms with E-state index in [4.69, 9.17) is 26.7 Å². The van der Waals surface area contributed by atoms with Gasteiger partial charge in [0.2, 0.25) is 0 Å². The zero-order chi connectivity index (χ0) is 21.7. The summed E-state index contributed by atoms with van der Waals surface area (Å²) in [5, 5.41) is 23.5. The van der Waals surface area contributed by atoms with Crippen LogP contribution in [0.2, 0.25) is 0 Å². The van der Waals surface area contributed by atoms with Crippen LogP contribution in [0.3, 0.4) is 0 Å². The molecule has 158 valence electrons. The van der Waals surface area contributed by atoms with Crippen LogP contribution in [0.25, 0.3) is 0 Å². The molecule has 0 amide bonds. The highest BCUT2D eigenvalue weighted by atomic mass is 16.5. The Bertz CT molecular complexity index is 911.